The number of hydrogen-bond acceptors (Lipinski definition) is 4. The van der Waals surface area contributed by atoms with Gasteiger partial charge in [-0.05, 0) is 49.7 Å². The molecular weight excluding hydrogens is 383 g/mol. The lowest BCUT2D eigenvalue weighted by atomic mass is 10.2. The van der Waals surface area contributed by atoms with Crippen molar-refractivity contribution in [2.45, 2.75) is 19.4 Å². The van der Waals surface area contributed by atoms with Gasteiger partial charge in [-0.2, -0.15) is 0 Å². The van der Waals surface area contributed by atoms with Gasteiger partial charge in [0.1, 0.15) is 19.0 Å². The highest BCUT2D eigenvalue weighted by Gasteiger charge is 2.12. The first-order valence-corrected chi connectivity index (χ1v) is 10.2. The van der Waals surface area contributed by atoms with E-state index in [9.17, 15) is 9.18 Å². The van der Waals surface area contributed by atoms with Crippen molar-refractivity contribution >= 4 is 0 Å². The van der Waals surface area contributed by atoms with E-state index < -0.39 is 5.82 Å². The Hall–Kier alpha value is -3.12. The van der Waals surface area contributed by atoms with Crippen LogP contribution in [0.25, 0.3) is 5.69 Å². The van der Waals surface area contributed by atoms with E-state index in [1.54, 1.807) is 24.4 Å². The molecule has 1 aliphatic rings. The molecule has 3 aromatic rings. The van der Waals surface area contributed by atoms with Gasteiger partial charge in [0.2, 0.25) is 0 Å². The molecule has 0 spiro atoms. The number of ether oxygens (including phenoxy) is 2. The van der Waals surface area contributed by atoms with Crippen LogP contribution >= 0.6 is 0 Å². The van der Waals surface area contributed by atoms with E-state index in [2.05, 4.69) is 4.90 Å². The van der Waals surface area contributed by atoms with Crippen LogP contribution in [0.1, 0.15) is 18.4 Å². The molecule has 0 bridgehead atoms. The standard InChI is InChI=1S/C24H25FN2O3/c25-22-16-20(8-9-23(22)29-15-14-26-11-4-5-12-26)27-13-10-21(17-24(27)28)30-18-19-6-2-1-3-7-19/h1-3,6-10,13,16-17H,4-5,11-12,14-15,18H2. The second kappa shape index (κ2) is 9.59. The maximum Gasteiger partial charge on any atom is 0.258 e. The van der Waals surface area contributed by atoms with Crippen LogP contribution in [0, 0.1) is 5.82 Å². The van der Waals surface area contributed by atoms with E-state index in [1.807, 2.05) is 30.3 Å². The minimum Gasteiger partial charge on any atom is -0.489 e. The van der Waals surface area contributed by atoms with Crippen LogP contribution in [0.2, 0.25) is 0 Å². The Morgan fingerprint density at radius 1 is 0.933 bits per heavy atom. The van der Waals surface area contributed by atoms with Crippen molar-refractivity contribution in [3.05, 3.63) is 88.6 Å². The van der Waals surface area contributed by atoms with Gasteiger partial charge in [0.15, 0.2) is 11.6 Å². The maximum atomic E-state index is 14.5. The molecule has 0 aliphatic carbocycles. The Morgan fingerprint density at radius 2 is 1.73 bits per heavy atom. The van der Waals surface area contributed by atoms with Gasteiger partial charge in [0.05, 0.1) is 5.69 Å². The van der Waals surface area contributed by atoms with Gasteiger partial charge in [-0.3, -0.25) is 14.3 Å². The third-order valence-corrected chi connectivity index (χ3v) is 5.20. The van der Waals surface area contributed by atoms with Gasteiger partial charge in [-0.1, -0.05) is 30.3 Å². The summed E-state index contributed by atoms with van der Waals surface area (Å²) >= 11 is 0. The molecule has 0 amide bonds. The highest BCUT2D eigenvalue weighted by molar-refractivity contribution is 5.39. The molecule has 1 aliphatic heterocycles. The summed E-state index contributed by atoms with van der Waals surface area (Å²) in [5, 5.41) is 0. The summed E-state index contributed by atoms with van der Waals surface area (Å²) in [5.74, 6) is 0.196. The zero-order chi connectivity index (χ0) is 20.8. The van der Waals surface area contributed by atoms with Crippen LogP contribution in [0.3, 0.4) is 0 Å². The van der Waals surface area contributed by atoms with Crippen molar-refractivity contribution in [1.82, 2.24) is 9.47 Å². The van der Waals surface area contributed by atoms with Crippen molar-refractivity contribution in [3.63, 3.8) is 0 Å². The summed E-state index contributed by atoms with van der Waals surface area (Å²) in [7, 11) is 0. The lowest BCUT2D eigenvalue weighted by molar-refractivity contribution is 0.231. The number of benzene rings is 2. The molecule has 1 aromatic heterocycles. The first-order valence-electron chi connectivity index (χ1n) is 10.2. The Balaban J connectivity index is 1.39. The smallest absolute Gasteiger partial charge is 0.258 e. The third kappa shape index (κ3) is 5.07. The monoisotopic (exact) mass is 408 g/mol. The van der Waals surface area contributed by atoms with Gasteiger partial charge < -0.3 is 9.47 Å². The third-order valence-electron chi connectivity index (χ3n) is 5.20. The van der Waals surface area contributed by atoms with E-state index in [-0.39, 0.29) is 11.3 Å². The Morgan fingerprint density at radius 3 is 2.47 bits per heavy atom. The maximum absolute atomic E-state index is 14.5. The highest BCUT2D eigenvalue weighted by atomic mass is 19.1. The molecule has 0 unspecified atom stereocenters. The predicted octanol–water partition coefficient (Wildman–Crippen LogP) is 4.03. The summed E-state index contributed by atoms with van der Waals surface area (Å²) in [6.07, 6.45) is 4.02. The van der Waals surface area contributed by atoms with E-state index in [0.717, 1.165) is 25.2 Å². The van der Waals surface area contributed by atoms with Crippen molar-refractivity contribution in [1.29, 1.82) is 0 Å². The molecular formula is C24H25FN2O3. The number of likely N-dealkylation sites (tertiary alicyclic amines) is 1. The Bertz CT molecular complexity index is 1030. The summed E-state index contributed by atoms with van der Waals surface area (Å²) in [6, 6.07) is 17.4. The number of hydrogen-bond donors (Lipinski definition) is 0. The molecule has 2 heterocycles. The van der Waals surface area contributed by atoms with Crippen LogP contribution in [-0.4, -0.2) is 35.7 Å². The first kappa shape index (κ1) is 20.2. The highest BCUT2D eigenvalue weighted by Crippen LogP contribution is 2.21. The second-order valence-corrected chi connectivity index (χ2v) is 7.36. The SMILES string of the molecule is O=c1cc(OCc2ccccc2)ccn1-c1ccc(OCCN2CCCC2)c(F)c1. The average Bonchev–Trinajstić information content (AvgIpc) is 3.28. The van der Waals surface area contributed by atoms with Gasteiger partial charge in [-0.25, -0.2) is 4.39 Å². The summed E-state index contributed by atoms with van der Waals surface area (Å²) in [6.45, 7) is 3.79. The molecule has 30 heavy (non-hydrogen) atoms. The van der Waals surface area contributed by atoms with Gasteiger partial charge in [0, 0.05) is 24.9 Å². The zero-order valence-electron chi connectivity index (χ0n) is 16.8. The van der Waals surface area contributed by atoms with Crippen molar-refractivity contribution in [2.75, 3.05) is 26.2 Å². The molecule has 0 atom stereocenters. The van der Waals surface area contributed by atoms with Gasteiger partial charge in [0.25, 0.3) is 5.56 Å². The van der Waals surface area contributed by atoms with Crippen LogP contribution in [0.15, 0.2) is 71.7 Å². The van der Waals surface area contributed by atoms with Gasteiger partial charge >= 0.3 is 0 Å². The molecule has 5 nitrogen and oxygen atoms in total. The number of aromatic nitrogens is 1. The van der Waals surface area contributed by atoms with Gasteiger partial charge in [-0.15, -0.1) is 0 Å². The zero-order valence-corrected chi connectivity index (χ0v) is 16.8. The quantitative estimate of drug-likeness (QED) is 0.565. The molecule has 156 valence electrons. The fourth-order valence-electron chi connectivity index (χ4n) is 3.55. The normalized spacial score (nSPS) is 14.0. The van der Waals surface area contributed by atoms with Crippen LogP contribution in [0.4, 0.5) is 4.39 Å². The Kier molecular flexibility index (Phi) is 6.44. The lowest BCUT2D eigenvalue weighted by Crippen LogP contribution is -2.25. The molecule has 1 fully saturated rings. The van der Waals surface area contributed by atoms with E-state index in [4.69, 9.17) is 9.47 Å². The largest absolute Gasteiger partial charge is 0.489 e. The summed E-state index contributed by atoms with van der Waals surface area (Å²) in [5.41, 5.74) is 1.17. The predicted molar refractivity (Wildman–Crippen MR) is 114 cm³/mol. The molecule has 6 heteroatoms. The van der Waals surface area contributed by atoms with Crippen LogP contribution in [0.5, 0.6) is 11.5 Å². The lowest BCUT2D eigenvalue weighted by Gasteiger charge is -2.15. The first-order chi connectivity index (χ1) is 14.7. The molecule has 0 radical (unpaired) electrons. The fraction of sp³-hybridized carbons (Fsp3) is 0.292. The van der Waals surface area contributed by atoms with E-state index in [1.165, 1.54) is 29.5 Å². The molecule has 2 aromatic carbocycles. The fourth-order valence-corrected chi connectivity index (χ4v) is 3.55. The van der Waals surface area contributed by atoms with Crippen LogP contribution in [-0.2, 0) is 6.61 Å². The van der Waals surface area contributed by atoms with Crippen molar-refractivity contribution < 1.29 is 13.9 Å². The number of nitrogens with zero attached hydrogens (tertiary/aromatic N) is 2. The van der Waals surface area contributed by atoms with Crippen LogP contribution < -0.4 is 15.0 Å². The molecule has 1 saturated heterocycles. The number of halogens is 1. The van der Waals surface area contributed by atoms with E-state index in [0.29, 0.717) is 24.7 Å². The Labute approximate surface area is 175 Å². The molecule has 0 saturated carbocycles. The summed E-state index contributed by atoms with van der Waals surface area (Å²) < 4.78 is 27.1. The average molecular weight is 408 g/mol. The van der Waals surface area contributed by atoms with E-state index >= 15 is 0 Å². The minimum atomic E-state index is -0.481. The second-order valence-electron chi connectivity index (χ2n) is 7.36. The molecule has 0 N–H and O–H groups in total. The van der Waals surface area contributed by atoms with Crippen molar-refractivity contribution in [2.24, 2.45) is 0 Å². The topological polar surface area (TPSA) is 43.7 Å². The number of pyridine rings is 1. The number of rotatable bonds is 8. The van der Waals surface area contributed by atoms with Crippen molar-refractivity contribution in [3.8, 4) is 17.2 Å². The minimum absolute atomic E-state index is 0.203. The summed E-state index contributed by atoms with van der Waals surface area (Å²) in [4.78, 5) is 14.8. The molecule has 4 rings (SSSR count).